The maximum Gasteiger partial charge on any atom is 0.124 e. The zero-order valence-electron chi connectivity index (χ0n) is 25.0. The van der Waals surface area contributed by atoms with Crippen LogP contribution in [0.25, 0.3) is 44.7 Å². The fourth-order valence-corrected chi connectivity index (χ4v) is 5.40. The molecule has 4 heterocycles. The first-order valence-electron chi connectivity index (χ1n) is 15.1. The summed E-state index contributed by atoms with van der Waals surface area (Å²) in [5.74, 6) is 0.879. The Morgan fingerprint density at radius 2 is 1.95 bits per heavy atom. The van der Waals surface area contributed by atoms with Crippen LogP contribution in [-0.4, -0.2) is 57.1 Å². The van der Waals surface area contributed by atoms with E-state index >= 15 is 0 Å². The number of hydrogen-bond acceptors (Lipinski definition) is 6. The Hall–Kier alpha value is -4.07. The molecule has 1 aliphatic rings. The number of H-pyrrole nitrogens is 1. The molecule has 0 amide bonds. The number of aromatic amines is 1. The molecule has 42 heavy (non-hydrogen) atoms. The van der Waals surface area contributed by atoms with Gasteiger partial charge in [-0.15, -0.1) is 0 Å². The van der Waals surface area contributed by atoms with Gasteiger partial charge >= 0.3 is 0 Å². The molecule has 4 aromatic rings. The average molecular weight is 563 g/mol. The second kappa shape index (κ2) is 14.2. The minimum absolute atomic E-state index is 0.277. The fourth-order valence-electron chi connectivity index (χ4n) is 5.40. The Kier molecular flexibility index (Phi) is 9.95. The molecule has 1 fully saturated rings. The van der Waals surface area contributed by atoms with Crippen LogP contribution in [0.4, 0.5) is 0 Å². The Balaban J connectivity index is 1.32. The van der Waals surface area contributed by atoms with Crippen LogP contribution in [0.5, 0.6) is 0 Å². The van der Waals surface area contributed by atoms with Crippen molar-refractivity contribution in [3.63, 3.8) is 0 Å². The van der Waals surface area contributed by atoms with Crippen LogP contribution in [0, 0.1) is 0 Å². The van der Waals surface area contributed by atoms with E-state index < -0.39 is 0 Å². The molecule has 1 saturated heterocycles. The van der Waals surface area contributed by atoms with Crippen LogP contribution in [0.1, 0.15) is 57.7 Å². The zero-order chi connectivity index (χ0) is 29.3. The van der Waals surface area contributed by atoms with Crippen LogP contribution in [-0.2, 0) is 4.74 Å². The molecule has 1 aromatic carbocycles. The molecule has 218 valence electrons. The average Bonchev–Trinajstić information content (AvgIpc) is 3.51. The lowest BCUT2D eigenvalue weighted by molar-refractivity contribution is 0.159. The SMILES string of the molecule is CC/C=C\C=C(/C)c1nc[nH]c1-c1ccc2ncc(-c3ccc(/C(=C/CC)OCCN4CCCC(N)C4)cn3)cc2c1. The molecule has 0 radical (unpaired) electrons. The van der Waals surface area contributed by atoms with Crippen molar-refractivity contribution in [2.45, 2.75) is 52.5 Å². The molecule has 0 bridgehead atoms. The van der Waals surface area contributed by atoms with Crippen molar-refractivity contribution in [1.82, 2.24) is 24.8 Å². The van der Waals surface area contributed by atoms with Crippen LogP contribution in [0.2, 0.25) is 0 Å². The number of imidazole rings is 1. The summed E-state index contributed by atoms with van der Waals surface area (Å²) in [7, 11) is 0. The number of pyridine rings is 2. The van der Waals surface area contributed by atoms with Gasteiger partial charge in [-0.1, -0.05) is 38.1 Å². The first-order valence-corrected chi connectivity index (χ1v) is 15.1. The van der Waals surface area contributed by atoms with Gasteiger partial charge in [0.15, 0.2) is 0 Å². The molecule has 1 atom stereocenters. The minimum Gasteiger partial charge on any atom is -0.492 e. The first-order chi connectivity index (χ1) is 20.6. The number of aromatic nitrogens is 4. The third kappa shape index (κ3) is 7.22. The monoisotopic (exact) mass is 562 g/mol. The van der Waals surface area contributed by atoms with Crippen LogP contribution < -0.4 is 5.73 Å². The summed E-state index contributed by atoms with van der Waals surface area (Å²) < 4.78 is 6.22. The number of rotatable bonds is 11. The highest BCUT2D eigenvalue weighted by Crippen LogP contribution is 2.30. The van der Waals surface area contributed by atoms with Gasteiger partial charge in [-0.25, -0.2) is 4.98 Å². The van der Waals surface area contributed by atoms with E-state index in [1.807, 2.05) is 18.5 Å². The van der Waals surface area contributed by atoms with E-state index in [2.05, 4.69) is 90.3 Å². The van der Waals surface area contributed by atoms with Crippen molar-refractivity contribution in [1.29, 1.82) is 0 Å². The van der Waals surface area contributed by atoms with Gasteiger partial charge in [0.25, 0.3) is 0 Å². The van der Waals surface area contributed by atoms with Crippen molar-refractivity contribution in [2.24, 2.45) is 5.73 Å². The van der Waals surface area contributed by atoms with E-state index in [4.69, 9.17) is 20.4 Å². The van der Waals surface area contributed by atoms with Crippen LogP contribution >= 0.6 is 0 Å². The van der Waals surface area contributed by atoms with Gasteiger partial charge in [0.05, 0.1) is 28.9 Å². The Labute approximate surface area is 249 Å². The summed E-state index contributed by atoms with van der Waals surface area (Å²) in [5.41, 5.74) is 14.0. The van der Waals surface area contributed by atoms with Crippen molar-refractivity contribution >= 4 is 22.2 Å². The molecule has 7 nitrogen and oxygen atoms in total. The number of benzene rings is 1. The highest BCUT2D eigenvalue weighted by atomic mass is 16.5. The second-order valence-electron chi connectivity index (χ2n) is 10.9. The van der Waals surface area contributed by atoms with Gasteiger partial charge in [0.1, 0.15) is 12.4 Å². The molecule has 7 heteroatoms. The highest BCUT2D eigenvalue weighted by Gasteiger charge is 2.17. The number of fused-ring (bicyclic) bond motifs is 1. The minimum atomic E-state index is 0.277. The van der Waals surface area contributed by atoms with Gasteiger partial charge in [0, 0.05) is 53.6 Å². The lowest BCUT2D eigenvalue weighted by Crippen LogP contribution is -2.43. The first kappa shape index (κ1) is 29.4. The van der Waals surface area contributed by atoms with Gasteiger partial charge in [-0.05, 0) is 81.1 Å². The molecule has 3 N–H and O–H groups in total. The van der Waals surface area contributed by atoms with E-state index in [1.165, 1.54) is 0 Å². The number of nitrogens with two attached hydrogens (primary N) is 1. The summed E-state index contributed by atoms with van der Waals surface area (Å²) in [6, 6.07) is 12.9. The van der Waals surface area contributed by atoms with E-state index in [9.17, 15) is 0 Å². The molecule has 1 unspecified atom stereocenters. The number of nitrogens with zero attached hydrogens (tertiary/aromatic N) is 4. The lowest BCUT2D eigenvalue weighted by Gasteiger charge is -2.30. The van der Waals surface area contributed by atoms with Crippen molar-refractivity contribution in [2.75, 3.05) is 26.2 Å². The van der Waals surface area contributed by atoms with Crippen molar-refractivity contribution in [3.8, 4) is 22.5 Å². The van der Waals surface area contributed by atoms with Gasteiger partial charge in [-0.2, -0.15) is 0 Å². The van der Waals surface area contributed by atoms with Crippen molar-refractivity contribution in [3.05, 3.63) is 90.7 Å². The summed E-state index contributed by atoms with van der Waals surface area (Å²) in [6.07, 6.45) is 18.2. The van der Waals surface area contributed by atoms with Gasteiger partial charge in [-0.3, -0.25) is 14.9 Å². The number of piperidine rings is 1. The maximum absolute atomic E-state index is 6.22. The third-order valence-electron chi connectivity index (χ3n) is 7.64. The van der Waals surface area contributed by atoms with Crippen LogP contribution in [0.3, 0.4) is 0 Å². The summed E-state index contributed by atoms with van der Waals surface area (Å²) in [5, 5.41) is 1.05. The van der Waals surface area contributed by atoms with E-state index in [0.717, 1.165) is 101 Å². The topological polar surface area (TPSA) is 93.0 Å². The number of likely N-dealkylation sites (tertiary alicyclic amines) is 1. The van der Waals surface area contributed by atoms with E-state index in [-0.39, 0.29) is 6.04 Å². The quantitative estimate of drug-likeness (QED) is 0.148. The smallest absolute Gasteiger partial charge is 0.124 e. The maximum atomic E-state index is 6.22. The van der Waals surface area contributed by atoms with E-state index in [0.29, 0.717) is 6.61 Å². The number of nitrogens with one attached hydrogen (secondary N) is 1. The zero-order valence-corrected chi connectivity index (χ0v) is 25.0. The summed E-state index contributed by atoms with van der Waals surface area (Å²) in [6.45, 7) is 9.91. The summed E-state index contributed by atoms with van der Waals surface area (Å²) >= 11 is 0. The molecule has 0 aliphatic carbocycles. The predicted molar refractivity (Wildman–Crippen MR) is 174 cm³/mol. The number of ether oxygens (including phenoxy) is 1. The molecule has 0 spiro atoms. The lowest BCUT2D eigenvalue weighted by atomic mass is 10.0. The van der Waals surface area contributed by atoms with Gasteiger partial charge in [0.2, 0.25) is 0 Å². The standard InChI is InChI=1S/C35H42N6O/c1-4-6-7-10-25(3)34-35(40-24-39-34)26-12-14-31-28(19-26)20-29(22-38-31)32-15-13-27(21-37-32)33(9-5-2)42-18-17-41-16-8-11-30(36)23-41/h6-7,9-10,12-15,19-22,24,30H,4-5,8,11,16-18,23,36H2,1-3H3,(H,39,40)/b7-6-,25-10+,33-9-. The molecule has 3 aromatic heterocycles. The molecular formula is C35H42N6O. The molecule has 0 saturated carbocycles. The van der Waals surface area contributed by atoms with Crippen LogP contribution in [0.15, 0.2) is 79.4 Å². The third-order valence-corrected chi connectivity index (χ3v) is 7.64. The van der Waals surface area contributed by atoms with Crippen molar-refractivity contribution < 1.29 is 4.74 Å². The summed E-state index contributed by atoms with van der Waals surface area (Å²) in [4.78, 5) is 19.8. The number of allylic oxidation sites excluding steroid dienone is 5. The Morgan fingerprint density at radius 3 is 2.74 bits per heavy atom. The Bertz CT molecular complexity index is 1570. The highest BCUT2D eigenvalue weighted by molar-refractivity contribution is 5.88. The normalized spacial score (nSPS) is 16.9. The van der Waals surface area contributed by atoms with E-state index in [1.54, 1.807) is 6.33 Å². The molecule has 1 aliphatic heterocycles. The molecule has 5 rings (SSSR count). The molecular weight excluding hydrogens is 520 g/mol. The Morgan fingerprint density at radius 1 is 1.07 bits per heavy atom. The number of hydrogen-bond donors (Lipinski definition) is 2. The predicted octanol–water partition coefficient (Wildman–Crippen LogP) is 7.25. The van der Waals surface area contributed by atoms with Gasteiger partial charge < -0.3 is 15.5 Å². The fraction of sp³-hybridized carbons (Fsp3) is 0.343. The largest absolute Gasteiger partial charge is 0.492 e. The second-order valence-corrected chi connectivity index (χ2v) is 10.9.